The number of benzene rings is 1. The van der Waals surface area contributed by atoms with Gasteiger partial charge >= 0.3 is 5.97 Å². The van der Waals surface area contributed by atoms with Gasteiger partial charge in [-0.3, -0.25) is 0 Å². The van der Waals surface area contributed by atoms with Crippen LogP contribution in [0.3, 0.4) is 0 Å². The zero-order chi connectivity index (χ0) is 13.8. The molecular weight excluding hydrogens is 249 g/mol. The highest BCUT2D eigenvalue weighted by molar-refractivity contribution is 5.94. The summed E-state index contributed by atoms with van der Waals surface area (Å²) in [7, 11) is 0. The van der Waals surface area contributed by atoms with Gasteiger partial charge in [0.05, 0.1) is 17.4 Å². The van der Waals surface area contributed by atoms with Crippen LogP contribution in [0.2, 0.25) is 0 Å². The Kier molecular flexibility index (Phi) is 3.61. The number of nitrogens with one attached hydrogen (secondary N) is 1. The van der Waals surface area contributed by atoms with Crippen LogP contribution in [-0.4, -0.2) is 16.1 Å². The van der Waals surface area contributed by atoms with Gasteiger partial charge in [-0.25, -0.2) is 14.2 Å². The van der Waals surface area contributed by atoms with E-state index in [1.165, 1.54) is 24.4 Å². The second-order valence-corrected chi connectivity index (χ2v) is 3.94. The van der Waals surface area contributed by atoms with Crippen LogP contribution in [0.15, 0.2) is 36.5 Å². The predicted octanol–water partition coefficient (Wildman–Crippen LogP) is 2.11. The van der Waals surface area contributed by atoms with E-state index in [1.807, 2.05) is 0 Å². The van der Waals surface area contributed by atoms with Crippen molar-refractivity contribution in [2.24, 2.45) is 0 Å². The first kappa shape index (κ1) is 12.8. The molecule has 5 nitrogen and oxygen atoms in total. The number of anilines is 2. The number of carboxylic acids is 1. The van der Waals surface area contributed by atoms with Gasteiger partial charge in [-0.2, -0.15) is 0 Å². The van der Waals surface area contributed by atoms with Gasteiger partial charge in [0.15, 0.2) is 0 Å². The van der Waals surface area contributed by atoms with Crippen LogP contribution in [0.1, 0.15) is 15.9 Å². The number of hydrogen-bond acceptors (Lipinski definition) is 4. The summed E-state index contributed by atoms with van der Waals surface area (Å²) < 4.78 is 12.7. The molecule has 0 saturated carbocycles. The molecule has 0 aliphatic heterocycles. The standard InChI is InChI=1S/C13H12FN3O2/c14-9-3-1-8(2-4-9)6-16-11-7-17-12(15)5-10(11)13(18)19/h1-5,7,16H,6H2,(H2,15,17)(H,18,19). The molecule has 0 aliphatic rings. The van der Waals surface area contributed by atoms with Crippen molar-refractivity contribution in [1.29, 1.82) is 0 Å². The van der Waals surface area contributed by atoms with Gasteiger partial charge in [-0.15, -0.1) is 0 Å². The normalized spacial score (nSPS) is 10.2. The number of rotatable bonds is 4. The smallest absolute Gasteiger partial charge is 0.337 e. The monoisotopic (exact) mass is 261 g/mol. The third-order valence-corrected chi connectivity index (χ3v) is 2.55. The maximum atomic E-state index is 12.7. The number of carbonyl (C=O) groups is 1. The van der Waals surface area contributed by atoms with Crippen LogP contribution in [0.25, 0.3) is 0 Å². The van der Waals surface area contributed by atoms with E-state index < -0.39 is 5.97 Å². The molecule has 19 heavy (non-hydrogen) atoms. The first-order chi connectivity index (χ1) is 9.06. The van der Waals surface area contributed by atoms with Gasteiger partial charge in [-0.1, -0.05) is 12.1 Å². The Bertz CT molecular complexity index is 599. The fourth-order valence-electron chi connectivity index (χ4n) is 1.59. The Balaban J connectivity index is 2.15. The third kappa shape index (κ3) is 3.19. The average molecular weight is 261 g/mol. The summed E-state index contributed by atoms with van der Waals surface area (Å²) in [6.45, 7) is 0.367. The molecule has 0 amide bonds. The van der Waals surface area contributed by atoms with Crippen LogP contribution in [0.4, 0.5) is 15.9 Å². The Morgan fingerprint density at radius 3 is 2.68 bits per heavy atom. The first-order valence-electron chi connectivity index (χ1n) is 5.53. The zero-order valence-corrected chi connectivity index (χ0v) is 9.93. The quantitative estimate of drug-likeness (QED) is 0.784. The molecule has 6 heteroatoms. The number of nitrogen functional groups attached to an aromatic ring is 1. The molecule has 98 valence electrons. The minimum atomic E-state index is -1.09. The van der Waals surface area contributed by atoms with Crippen LogP contribution < -0.4 is 11.1 Å². The fourth-order valence-corrected chi connectivity index (χ4v) is 1.59. The summed E-state index contributed by atoms with van der Waals surface area (Å²) >= 11 is 0. The maximum absolute atomic E-state index is 12.7. The average Bonchev–Trinajstić information content (AvgIpc) is 2.39. The Morgan fingerprint density at radius 2 is 2.05 bits per heavy atom. The topological polar surface area (TPSA) is 88.2 Å². The van der Waals surface area contributed by atoms with Crippen molar-refractivity contribution in [2.75, 3.05) is 11.1 Å². The van der Waals surface area contributed by atoms with Crippen molar-refractivity contribution in [2.45, 2.75) is 6.54 Å². The summed E-state index contributed by atoms with van der Waals surface area (Å²) in [6.07, 6.45) is 1.36. The highest BCUT2D eigenvalue weighted by Gasteiger charge is 2.10. The van der Waals surface area contributed by atoms with E-state index in [-0.39, 0.29) is 17.2 Å². The van der Waals surface area contributed by atoms with E-state index in [9.17, 15) is 9.18 Å². The van der Waals surface area contributed by atoms with Gasteiger partial charge in [0.25, 0.3) is 0 Å². The lowest BCUT2D eigenvalue weighted by Crippen LogP contribution is -2.08. The van der Waals surface area contributed by atoms with E-state index in [1.54, 1.807) is 12.1 Å². The lowest BCUT2D eigenvalue weighted by atomic mass is 10.2. The Morgan fingerprint density at radius 1 is 1.37 bits per heavy atom. The summed E-state index contributed by atoms with van der Waals surface area (Å²) in [4.78, 5) is 14.9. The molecule has 4 N–H and O–H groups in total. The Labute approximate surface area is 108 Å². The SMILES string of the molecule is Nc1cc(C(=O)O)c(NCc2ccc(F)cc2)cn1. The van der Waals surface area contributed by atoms with E-state index in [4.69, 9.17) is 10.8 Å². The number of nitrogens with zero attached hydrogens (tertiary/aromatic N) is 1. The molecule has 2 rings (SSSR count). The van der Waals surface area contributed by atoms with E-state index in [0.717, 1.165) is 5.56 Å². The van der Waals surface area contributed by atoms with Crippen molar-refractivity contribution in [3.8, 4) is 0 Å². The molecule has 0 unspecified atom stereocenters. The van der Waals surface area contributed by atoms with Crippen LogP contribution in [0, 0.1) is 5.82 Å². The second kappa shape index (κ2) is 5.34. The third-order valence-electron chi connectivity index (χ3n) is 2.55. The minimum Gasteiger partial charge on any atom is -0.478 e. The molecule has 1 aromatic carbocycles. The van der Waals surface area contributed by atoms with Gasteiger partial charge < -0.3 is 16.2 Å². The van der Waals surface area contributed by atoms with E-state index in [0.29, 0.717) is 12.2 Å². The largest absolute Gasteiger partial charge is 0.478 e. The van der Waals surface area contributed by atoms with E-state index in [2.05, 4.69) is 10.3 Å². The summed E-state index contributed by atoms with van der Waals surface area (Å²) in [5.74, 6) is -1.26. The Hall–Kier alpha value is -2.63. The number of halogens is 1. The maximum Gasteiger partial charge on any atom is 0.337 e. The number of aromatic nitrogens is 1. The zero-order valence-electron chi connectivity index (χ0n) is 9.93. The van der Waals surface area contributed by atoms with Gasteiger partial charge in [-0.05, 0) is 23.8 Å². The molecule has 0 radical (unpaired) electrons. The van der Waals surface area contributed by atoms with Crippen LogP contribution >= 0.6 is 0 Å². The first-order valence-corrected chi connectivity index (χ1v) is 5.53. The highest BCUT2D eigenvalue weighted by atomic mass is 19.1. The number of nitrogens with two attached hydrogens (primary N) is 1. The lowest BCUT2D eigenvalue weighted by Gasteiger charge is -2.09. The molecular formula is C13H12FN3O2. The van der Waals surface area contributed by atoms with Gasteiger partial charge in [0, 0.05) is 6.54 Å². The summed E-state index contributed by atoms with van der Waals surface area (Å²) in [6, 6.07) is 7.21. The van der Waals surface area contributed by atoms with Crippen LogP contribution in [0.5, 0.6) is 0 Å². The number of hydrogen-bond donors (Lipinski definition) is 3. The van der Waals surface area contributed by atoms with Crippen molar-refractivity contribution in [1.82, 2.24) is 4.98 Å². The molecule has 0 bridgehead atoms. The van der Waals surface area contributed by atoms with Crippen molar-refractivity contribution < 1.29 is 14.3 Å². The second-order valence-electron chi connectivity index (χ2n) is 3.94. The minimum absolute atomic E-state index is 0.0506. The number of carboxylic acid groups (broad SMARTS) is 1. The highest BCUT2D eigenvalue weighted by Crippen LogP contribution is 2.17. The molecule has 1 aromatic heterocycles. The lowest BCUT2D eigenvalue weighted by molar-refractivity contribution is 0.0698. The van der Waals surface area contributed by atoms with Crippen molar-refractivity contribution >= 4 is 17.5 Å². The molecule has 0 spiro atoms. The van der Waals surface area contributed by atoms with Crippen molar-refractivity contribution in [3.05, 3.63) is 53.5 Å². The van der Waals surface area contributed by atoms with Gasteiger partial charge in [0.1, 0.15) is 11.6 Å². The molecule has 0 aliphatic carbocycles. The van der Waals surface area contributed by atoms with Crippen LogP contribution in [-0.2, 0) is 6.54 Å². The molecule has 0 atom stereocenters. The molecule has 0 fully saturated rings. The predicted molar refractivity (Wildman–Crippen MR) is 69.3 cm³/mol. The van der Waals surface area contributed by atoms with Crippen molar-refractivity contribution in [3.63, 3.8) is 0 Å². The summed E-state index contributed by atoms with van der Waals surface area (Å²) in [5.41, 5.74) is 6.69. The van der Waals surface area contributed by atoms with E-state index >= 15 is 0 Å². The van der Waals surface area contributed by atoms with Gasteiger partial charge in [0.2, 0.25) is 0 Å². The number of aromatic carboxylic acids is 1. The molecule has 1 heterocycles. The fraction of sp³-hybridized carbons (Fsp3) is 0.0769. The number of pyridine rings is 1. The molecule has 0 saturated heterocycles. The summed E-state index contributed by atoms with van der Waals surface area (Å²) in [5, 5.41) is 12.0. The molecule has 2 aromatic rings.